The first-order valence-corrected chi connectivity index (χ1v) is 10.1. The Morgan fingerprint density at radius 2 is 1.66 bits per heavy atom. The van der Waals surface area contributed by atoms with Crippen molar-refractivity contribution in [3.8, 4) is 11.5 Å². The number of hydrogen-bond donors (Lipinski definition) is 2. The summed E-state index contributed by atoms with van der Waals surface area (Å²) in [5, 5.41) is 5.67. The molecule has 2 aromatic carbocycles. The van der Waals surface area contributed by atoms with Crippen LogP contribution in [0.2, 0.25) is 0 Å². The van der Waals surface area contributed by atoms with Crippen molar-refractivity contribution in [1.29, 1.82) is 0 Å². The highest BCUT2D eigenvalue weighted by atomic mass is 16.5. The quantitative estimate of drug-likeness (QED) is 0.693. The zero-order valence-electron chi connectivity index (χ0n) is 17.0. The average Bonchev–Trinajstić information content (AvgIpc) is 3.26. The van der Waals surface area contributed by atoms with Gasteiger partial charge < -0.3 is 20.1 Å². The molecule has 0 heterocycles. The summed E-state index contributed by atoms with van der Waals surface area (Å²) in [4.78, 5) is 24.6. The van der Waals surface area contributed by atoms with Gasteiger partial charge in [-0.05, 0) is 74.6 Å². The zero-order valence-corrected chi connectivity index (χ0v) is 17.0. The Morgan fingerprint density at radius 1 is 0.966 bits per heavy atom. The summed E-state index contributed by atoms with van der Waals surface area (Å²) in [7, 11) is 1.57. The second-order valence-corrected chi connectivity index (χ2v) is 7.18. The Labute approximate surface area is 171 Å². The molecule has 29 heavy (non-hydrogen) atoms. The molecule has 1 aliphatic rings. The van der Waals surface area contributed by atoms with Crippen LogP contribution >= 0.6 is 0 Å². The molecule has 0 atom stereocenters. The van der Waals surface area contributed by atoms with Crippen molar-refractivity contribution in [2.45, 2.75) is 45.1 Å². The van der Waals surface area contributed by atoms with E-state index in [2.05, 4.69) is 10.6 Å². The van der Waals surface area contributed by atoms with Crippen LogP contribution in [0.3, 0.4) is 0 Å². The van der Waals surface area contributed by atoms with E-state index in [1.807, 2.05) is 6.92 Å². The summed E-state index contributed by atoms with van der Waals surface area (Å²) in [5.74, 6) is 0.845. The molecule has 6 heteroatoms. The third kappa shape index (κ3) is 5.50. The number of hydrogen-bond acceptors (Lipinski definition) is 4. The highest BCUT2D eigenvalue weighted by Crippen LogP contribution is 2.32. The van der Waals surface area contributed by atoms with Crippen LogP contribution in [0.1, 0.15) is 59.7 Å². The first kappa shape index (κ1) is 20.7. The van der Waals surface area contributed by atoms with Gasteiger partial charge in [0.15, 0.2) is 11.5 Å². The fraction of sp³-hybridized carbons (Fsp3) is 0.391. The lowest BCUT2D eigenvalue weighted by molar-refractivity contribution is 0.0953. The van der Waals surface area contributed by atoms with Crippen LogP contribution in [0, 0.1) is 0 Å². The fourth-order valence-corrected chi connectivity index (χ4v) is 3.34. The Morgan fingerprint density at radius 3 is 2.31 bits per heavy atom. The molecule has 1 aliphatic carbocycles. The highest BCUT2D eigenvalue weighted by Gasteiger charge is 2.19. The summed E-state index contributed by atoms with van der Waals surface area (Å²) in [6, 6.07) is 12.0. The molecular weight excluding hydrogens is 368 g/mol. The summed E-state index contributed by atoms with van der Waals surface area (Å²) in [6.45, 7) is 2.64. The molecule has 0 spiro atoms. The van der Waals surface area contributed by atoms with Crippen LogP contribution in [0.4, 0.5) is 5.69 Å². The van der Waals surface area contributed by atoms with Gasteiger partial charge in [-0.2, -0.15) is 0 Å². The van der Waals surface area contributed by atoms with Crippen molar-refractivity contribution >= 4 is 17.5 Å². The average molecular weight is 396 g/mol. The van der Waals surface area contributed by atoms with Gasteiger partial charge in [0.25, 0.3) is 11.8 Å². The van der Waals surface area contributed by atoms with E-state index in [9.17, 15) is 9.59 Å². The van der Waals surface area contributed by atoms with Crippen molar-refractivity contribution in [3.05, 3.63) is 53.6 Å². The molecule has 2 N–H and O–H groups in total. The van der Waals surface area contributed by atoms with Gasteiger partial charge in [-0.3, -0.25) is 9.59 Å². The van der Waals surface area contributed by atoms with Crippen LogP contribution in [0.25, 0.3) is 0 Å². The highest BCUT2D eigenvalue weighted by molar-refractivity contribution is 6.05. The van der Waals surface area contributed by atoms with E-state index >= 15 is 0 Å². The predicted molar refractivity (Wildman–Crippen MR) is 113 cm³/mol. The van der Waals surface area contributed by atoms with Crippen LogP contribution < -0.4 is 20.1 Å². The molecule has 0 saturated heterocycles. The second-order valence-electron chi connectivity index (χ2n) is 7.18. The maximum atomic E-state index is 12.6. The lowest BCUT2D eigenvalue weighted by Gasteiger charge is -2.16. The first-order chi connectivity index (χ1) is 14.1. The van der Waals surface area contributed by atoms with Gasteiger partial charge in [-0.1, -0.05) is 6.92 Å². The number of benzene rings is 2. The number of carbonyl (C=O) groups is 2. The topological polar surface area (TPSA) is 76.7 Å². The molecule has 0 aromatic heterocycles. The minimum Gasteiger partial charge on any atom is -0.493 e. The Hall–Kier alpha value is -3.02. The van der Waals surface area contributed by atoms with Crippen LogP contribution in [-0.4, -0.2) is 31.6 Å². The number of methoxy groups -OCH3 is 1. The number of amides is 2. The lowest BCUT2D eigenvalue weighted by Crippen LogP contribution is -2.23. The molecule has 1 fully saturated rings. The van der Waals surface area contributed by atoms with E-state index in [0.717, 1.165) is 19.3 Å². The molecule has 2 aromatic rings. The monoisotopic (exact) mass is 396 g/mol. The Kier molecular flexibility index (Phi) is 7.11. The van der Waals surface area contributed by atoms with E-state index in [-0.39, 0.29) is 17.9 Å². The van der Waals surface area contributed by atoms with Crippen molar-refractivity contribution < 1.29 is 19.1 Å². The normalized spacial score (nSPS) is 13.7. The molecule has 0 unspecified atom stereocenters. The van der Waals surface area contributed by atoms with Crippen molar-refractivity contribution in [2.75, 3.05) is 19.0 Å². The van der Waals surface area contributed by atoms with Gasteiger partial charge in [0.05, 0.1) is 13.2 Å². The van der Waals surface area contributed by atoms with Crippen molar-refractivity contribution in [3.63, 3.8) is 0 Å². The van der Waals surface area contributed by atoms with Gasteiger partial charge in [0.1, 0.15) is 0 Å². The number of carbonyl (C=O) groups excluding carboxylic acids is 2. The van der Waals surface area contributed by atoms with Gasteiger partial charge in [-0.15, -0.1) is 0 Å². The zero-order chi connectivity index (χ0) is 20.6. The van der Waals surface area contributed by atoms with Crippen molar-refractivity contribution in [2.24, 2.45) is 0 Å². The maximum Gasteiger partial charge on any atom is 0.255 e. The molecule has 154 valence electrons. The fourth-order valence-electron chi connectivity index (χ4n) is 3.34. The van der Waals surface area contributed by atoms with Gasteiger partial charge in [0.2, 0.25) is 0 Å². The summed E-state index contributed by atoms with van der Waals surface area (Å²) >= 11 is 0. The van der Waals surface area contributed by atoms with E-state index in [1.165, 1.54) is 12.8 Å². The van der Waals surface area contributed by atoms with Crippen LogP contribution in [0.5, 0.6) is 11.5 Å². The molecule has 3 rings (SSSR count). The number of nitrogens with one attached hydrogen (secondary N) is 2. The minimum absolute atomic E-state index is 0.118. The molecule has 6 nitrogen and oxygen atoms in total. The maximum absolute atomic E-state index is 12.6. The summed E-state index contributed by atoms with van der Waals surface area (Å²) in [6.07, 6.45) is 5.58. The van der Waals surface area contributed by atoms with Crippen LogP contribution in [0.15, 0.2) is 42.5 Å². The van der Waals surface area contributed by atoms with Gasteiger partial charge in [0, 0.05) is 23.4 Å². The van der Waals surface area contributed by atoms with E-state index in [4.69, 9.17) is 9.47 Å². The van der Waals surface area contributed by atoms with E-state index in [0.29, 0.717) is 34.9 Å². The summed E-state index contributed by atoms with van der Waals surface area (Å²) in [5.41, 5.74) is 1.66. The van der Waals surface area contributed by atoms with E-state index in [1.54, 1.807) is 49.6 Å². The first-order valence-electron chi connectivity index (χ1n) is 10.1. The lowest BCUT2D eigenvalue weighted by atomic mass is 10.1. The van der Waals surface area contributed by atoms with Crippen molar-refractivity contribution in [1.82, 2.24) is 5.32 Å². The van der Waals surface area contributed by atoms with Crippen LogP contribution in [-0.2, 0) is 0 Å². The minimum atomic E-state index is -0.251. The molecule has 0 radical (unpaired) electrons. The van der Waals surface area contributed by atoms with Gasteiger partial charge >= 0.3 is 0 Å². The SMILES string of the molecule is CCCNC(=O)c1ccc(NC(=O)c2ccc(OC3CCCC3)c(OC)c2)cc1. The Balaban J connectivity index is 1.64. The third-order valence-corrected chi connectivity index (χ3v) is 4.96. The number of ether oxygens (including phenoxy) is 2. The van der Waals surface area contributed by atoms with E-state index < -0.39 is 0 Å². The Bertz CT molecular complexity index is 842. The number of anilines is 1. The molecule has 0 bridgehead atoms. The second kappa shape index (κ2) is 9.96. The summed E-state index contributed by atoms with van der Waals surface area (Å²) < 4.78 is 11.4. The third-order valence-electron chi connectivity index (χ3n) is 4.96. The molecule has 2 amide bonds. The number of rotatable bonds is 8. The predicted octanol–water partition coefficient (Wildman–Crippen LogP) is 4.41. The molecule has 0 aliphatic heterocycles. The molecular formula is C23H28N2O4. The largest absolute Gasteiger partial charge is 0.493 e. The smallest absolute Gasteiger partial charge is 0.255 e. The molecule has 1 saturated carbocycles. The standard InChI is InChI=1S/C23H28N2O4/c1-3-14-24-22(26)16-8-11-18(12-9-16)25-23(27)17-10-13-20(21(15-17)28-2)29-19-6-4-5-7-19/h8-13,15,19H,3-7,14H2,1-2H3,(H,24,26)(H,25,27). The van der Waals surface area contributed by atoms with Gasteiger partial charge in [-0.25, -0.2) is 0 Å².